The number of hydrogen-bond acceptors (Lipinski definition) is 6. The summed E-state index contributed by atoms with van der Waals surface area (Å²) in [5, 5.41) is 14.1. The topological polar surface area (TPSA) is 102 Å². The molecule has 17 heavy (non-hydrogen) atoms. The Labute approximate surface area is 98.1 Å². The van der Waals surface area contributed by atoms with Gasteiger partial charge in [0.25, 0.3) is 0 Å². The summed E-state index contributed by atoms with van der Waals surface area (Å²) in [7, 11) is 0. The smallest absolute Gasteiger partial charge is 0.311 e. The van der Waals surface area contributed by atoms with E-state index in [-0.39, 0.29) is 23.6 Å². The zero-order valence-electron chi connectivity index (χ0n) is 9.34. The second-order valence-corrected chi connectivity index (χ2v) is 3.93. The zero-order valence-corrected chi connectivity index (χ0v) is 9.34. The van der Waals surface area contributed by atoms with Crippen molar-refractivity contribution in [3.8, 4) is 5.75 Å². The van der Waals surface area contributed by atoms with E-state index in [1.165, 1.54) is 6.07 Å². The van der Waals surface area contributed by atoms with Crippen LogP contribution in [0.1, 0.15) is 18.7 Å². The standard InChI is InChI=1S/C10H14N4O3/c1-6-5-17-9-7(10(12-6)13-11)3-2-4-8(9)14(15)16/h2-4,6,10,12-13H,5,11H2,1H3. The third-order valence-corrected chi connectivity index (χ3v) is 2.63. The van der Waals surface area contributed by atoms with Crippen LogP contribution in [0.3, 0.4) is 0 Å². The van der Waals surface area contributed by atoms with Crippen LogP contribution in [0.15, 0.2) is 18.2 Å². The van der Waals surface area contributed by atoms with Crippen molar-refractivity contribution in [3.63, 3.8) is 0 Å². The second kappa shape index (κ2) is 4.66. The zero-order chi connectivity index (χ0) is 12.4. The summed E-state index contributed by atoms with van der Waals surface area (Å²) in [5.74, 6) is 5.71. The number of nitro groups is 1. The van der Waals surface area contributed by atoms with Crippen molar-refractivity contribution >= 4 is 5.69 Å². The minimum Gasteiger partial charge on any atom is -0.485 e. The highest BCUT2D eigenvalue weighted by molar-refractivity contribution is 5.53. The largest absolute Gasteiger partial charge is 0.485 e. The lowest BCUT2D eigenvalue weighted by Gasteiger charge is -2.18. The lowest BCUT2D eigenvalue weighted by Crippen LogP contribution is -2.42. The van der Waals surface area contributed by atoms with E-state index in [9.17, 15) is 10.1 Å². The summed E-state index contributed by atoms with van der Waals surface area (Å²) >= 11 is 0. The number of nitro benzene ring substituents is 1. The number of nitrogens with one attached hydrogen (secondary N) is 2. The number of nitrogens with zero attached hydrogens (tertiary/aromatic N) is 1. The van der Waals surface area contributed by atoms with Crippen LogP contribution in [-0.4, -0.2) is 17.6 Å². The Morgan fingerprint density at radius 1 is 1.65 bits per heavy atom. The van der Waals surface area contributed by atoms with E-state index in [1.54, 1.807) is 12.1 Å². The molecular formula is C10H14N4O3. The fourth-order valence-corrected chi connectivity index (χ4v) is 1.84. The quantitative estimate of drug-likeness (QED) is 0.392. The minimum absolute atomic E-state index is 0.0429. The highest BCUT2D eigenvalue weighted by Gasteiger charge is 2.27. The van der Waals surface area contributed by atoms with Crippen LogP contribution in [0.4, 0.5) is 5.69 Å². The van der Waals surface area contributed by atoms with Crippen LogP contribution >= 0.6 is 0 Å². The Balaban J connectivity index is 2.50. The fourth-order valence-electron chi connectivity index (χ4n) is 1.84. The van der Waals surface area contributed by atoms with Gasteiger partial charge in [0, 0.05) is 17.7 Å². The summed E-state index contributed by atoms with van der Waals surface area (Å²) in [6.45, 7) is 2.28. The minimum atomic E-state index is -0.456. The monoisotopic (exact) mass is 238 g/mol. The molecule has 1 aromatic rings. The average Bonchev–Trinajstić information content (AvgIpc) is 2.48. The lowest BCUT2D eigenvalue weighted by atomic mass is 10.1. The first-order valence-corrected chi connectivity index (χ1v) is 5.25. The molecule has 7 nitrogen and oxygen atoms in total. The van der Waals surface area contributed by atoms with Crippen molar-refractivity contribution in [1.29, 1.82) is 0 Å². The maximum atomic E-state index is 10.9. The highest BCUT2D eigenvalue weighted by Crippen LogP contribution is 2.35. The Kier molecular flexibility index (Phi) is 3.23. The highest BCUT2D eigenvalue weighted by atomic mass is 16.6. The number of para-hydroxylation sites is 1. The Morgan fingerprint density at radius 2 is 2.41 bits per heavy atom. The van der Waals surface area contributed by atoms with Gasteiger partial charge in [-0.05, 0) is 6.92 Å². The summed E-state index contributed by atoms with van der Waals surface area (Å²) in [4.78, 5) is 10.5. The van der Waals surface area contributed by atoms with Gasteiger partial charge < -0.3 is 4.74 Å². The van der Waals surface area contributed by atoms with Crippen molar-refractivity contribution in [1.82, 2.24) is 10.7 Å². The van der Waals surface area contributed by atoms with Gasteiger partial charge in [0.05, 0.1) is 4.92 Å². The third kappa shape index (κ3) is 2.21. The first-order chi connectivity index (χ1) is 8.13. The van der Waals surface area contributed by atoms with Crippen LogP contribution in [0, 0.1) is 10.1 Å². The van der Waals surface area contributed by atoms with Gasteiger partial charge in [-0.25, -0.2) is 5.43 Å². The SMILES string of the molecule is CC1COc2c(cccc2[N+](=O)[O-])C(NN)N1. The first-order valence-electron chi connectivity index (χ1n) is 5.25. The van der Waals surface area contributed by atoms with Gasteiger partial charge in [0.15, 0.2) is 0 Å². The van der Waals surface area contributed by atoms with Crippen molar-refractivity contribution in [3.05, 3.63) is 33.9 Å². The summed E-state index contributed by atoms with van der Waals surface area (Å²) < 4.78 is 5.49. The lowest BCUT2D eigenvalue weighted by molar-refractivity contribution is -0.385. The predicted octanol–water partition coefficient (Wildman–Crippen LogP) is 0.427. The Morgan fingerprint density at radius 3 is 3.06 bits per heavy atom. The molecule has 7 heteroatoms. The number of hydrazine groups is 1. The van der Waals surface area contributed by atoms with Gasteiger partial charge in [0.1, 0.15) is 12.8 Å². The molecule has 0 fully saturated rings. The van der Waals surface area contributed by atoms with Gasteiger partial charge in [-0.2, -0.15) is 0 Å². The fraction of sp³-hybridized carbons (Fsp3) is 0.400. The van der Waals surface area contributed by atoms with Crippen LogP contribution in [-0.2, 0) is 0 Å². The number of fused-ring (bicyclic) bond motifs is 1. The molecule has 1 aromatic carbocycles. The molecular weight excluding hydrogens is 224 g/mol. The second-order valence-electron chi connectivity index (χ2n) is 3.93. The molecule has 2 atom stereocenters. The maximum Gasteiger partial charge on any atom is 0.311 e. The molecule has 0 radical (unpaired) electrons. The van der Waals surface area contributed by atoms with Crippen LogP contribution in [0.5, 0.6) is 5.75 Å². The summed E-state index contributed by atoms with van der Waals surface area (Å²) in [6, 6.07) is 4.82. The number of hydrogen-bond donors (Lipinski definition) is 3. The van der Waals surface area contributed by atoms with E-state index < -0.39 is 4.92 Å². The van der Waals surface area contributed by atoms with Crippen LogP contribution in [0.25, 0.3) is 0 Å². The normalized spacial score (nSPS) is 23.4. The molecule has 0 aromatic heterocycles. The molecule has 0 saturated carbocycles. The molecule has 0 spiro atoms. The molecule has 2 unspecified atom stereocenters. The summed E-state index contributed by atoms with van der Waals surface area (Å²) in [5.41, 5.74) is 3.18. The van der Waals surface area contributed by atoms with E-state index in [0.717, 1.165) is 0 Å². The average molecular weight is 238 g/mol. The number of nitrogens with two attached hydrogens (primary N) is 1. The van der Waals surface area contributed by atoms with Gasteiger partial charge in [-0.15, -0.1) is 0 Å². The first kappa shape index (κ1) is 11.8. The summed E-state index contributed by atoms with van der Waals surface area (Å²) in [6.07, 6.45) is -0.359. The van der Waals surface area contributed by atoms with Gasteiger partial charge in [0.2, 0.25) is 5.75 Å². The Bertz CT molecular complexity index is 438. The number of rotatable bonds is 2. The molecule has 0 amide bonds. The van der Waals surface area contributed by atoms with E-state index in [1.807, 2.05) is 6.92 Å². The van der Waals surface area contributed by atoms with Gasteiger partial charge in [-0.3, -0.25) is 21.3 Å². The Hall–Kier alpha value is -1.70. The van der Waals surface area contributed by atoms with Crippen LogP contribution < -0.4 is 21.3 Å². The third-order valence-electron chi connectivity index (χ3n) is 2.63. The van der Waals surface area contributed by atoms with E-state index in [0.29, 0.717) is 12.2 Å². The van der Waals surface area contributed by atoms with Crippen molar-refractivity contribution in [2.75, 3.05) is 6.61 Å². The van der Waals surface area contributed by atoms with Gasteiger partial charge in [-0.1, -0.05) is 12.1 Å². The van der Waals surface area contributed by atoms with E-state index in [2.05, 4.69) is 10.7 Å². The van der Waals surface area contributed by atoms with Crippen molar-refractivity contribution in [2.24, 2.45) is 5.84 Å². The van der Waals surface area contributed by atoms with Gasteiger partial charge >= 0.3 is 5.69 Å². The van der Waals surface area contributed by atoms with Crippen molar-refractivity contribution < 1.29 is 9.66 Å². The molecule has 0 saturated heterocycles. The molecule has 0 aliphatic carbocycles. The van der Waals surface area contributed by atoms with E-state index in [4.69, 9.17) is 10.6 Å². The molecule has 1 aliphatic heterocycles. The molecule has 4 N–H and O–H groups in total. The van der Waals surface area contributed by atoms with Crippen LogP contribution in [0.2, 0.25) is 0 Å². The molecule has 1 heterocycles. The molecule has 92 valence electrons. The number of ether oxygens (including phenoxy) is 1. The maximum absolute atomic E-state index is 10.9. The van der Waals surface area contributed by atoms with E-state index >= 15 is 0 Å². The molecule has 0 bridgehead atoms. The van der Waals surface area contributed by atoms with Crippen molar-refractivity contribution in [2.45, 2.75) is 19.1 Å². The molecule has 2 rings (SSSR count). The molecule has 1 aliphatic rings. The predicted molar refractivity (Wildman–Crippen MR) is 61.3 cm³/mol. The number of benzene rings is 1.